The second-order valence-corrected chi connectivity index (χ2v) is 14.2. The molecule has 0 aliphatic carbocycles. The van der Waals surface area contributed by atoms with Gasteiger partial charge in [-0.2, -0.15) is 5.26 Å². The van der Waals surface area contributed by atoms with Gasteiger partial charge in [-0.1, -0.05) is 97.1 Å². The summed E-state index contributed by atoms with van der Waals surface area (Å²) < 4.78 is 6.80. The Hall–Kier alpha value is -8.37. The summed E-state index contributed by atoms with van der Waals surface area (Å²) in [5.74, 6) is 0. The summed E-state index contributed by atoms with van der Waals surface area (Å²) in [6.07, 6.45) is 0. The van der Waals surface area contributed by atoms with E-state index in [0.717, 1.165) is 82.8 Å². The molecule has 0 fully saturated rings. The average Bonchev–Trinajstić information content (AvgIpc) is 3.91. The molecule has 0 N–H and O–H groups in total. The Kier molecular flexibility index (Phi) is 6.95. The molecule has 0 aliphatic heterocycles. The van der Waals surface area contributed by atoms with Crippen LogP contribution in [0, 0.1) is 24.5 Å². The Morgan fingerprint density at radius 1 is 0.386 bits per heavy atom. The van der Waals surface area contributed by atoms with Crippen molar-refractivity contribution in [3.05, 3.63) is 198 Å². The minimum Gasteiger partial charge on any atom is -0.309 e. The third-order valence-corrected chi connectivity index (χ3v) is 11.3. The lowest BCUT2D eigenvalue weighted by Crippen LogP contribution is -2.00. The summed E-state index contributed by atoms with van der Waals surface area (Å²) in [5, 5.41) is 17.3. The number of nitriles is 1. The Bertz CT molecular complexity index is 3500. The van der Waals surface area contributed by atoms with Crippen molar-refractivity contribution in [1.29, 1.82) is 5.26 Å². The number of benzene rings is 8. The highest BCUT2D eigenvalue weighted by Crippen LogP contribution is 2.41. The van der Waals surface area contributed by atoms with E-state index in [1.54, 1.807) is 0 Å². The zero-order valence-electron chi connectivity index (χ0n) is 30.3. The van der Waals surface area contributed by atoms with Crippen molar-refractivity contribution in [2.45, 2.75) is 0 Å². The fraction of sp³-hybridized carbons (Fsp3) is 0. The summed E-state index contributed by atoms with van der Waals surface area (Å²) >= 11 is 0. The first-order valence-corrected chi connectivity index (χ1v) is 18.6. The molecule has 0 radical (unpaired) electrons. The van der Waals surface area contributed by atoms with Gasteiger partial charge >= 0.3 is 0 Å². The number of nitrogens with zero attached hydrogens (tertiary/aromatic N) is 6. The molecule has 3 aromatic heterocycles. The van der Waals surface area contributed by atoms with Crippen molar-refractivity contribution in [3.63, 3.8) is 0 Å². The molecule has 0 atom stereocenters. The van der Waals surface area contributed by atoms with Crippen molar-refractivity contribution in [3.8, 4) is 34.3 Å². The third-order valence-electron chi connectivity index (χ3n) is 11.3. The summed E-state index contributed by atoms with van der Waals surface area (Å²) in [6, 6.07) is 60.6. The van der Waals surface area contributed by atoms with Crippen molar-refractivity contribution in [2.24, 2.45) is 0 Å². The van der Waals surface area contributed by atoms with Crippen LogP contribution < -0.4 is 0 Å². The first kappa shape index (κ1) is 32.1. The highest BCUT2D eigenvalue weighted by molar-refractivity contribution is 6.13. The molecule has 6 heteroatoms. The molecule has 262 valence electrons. The molecular weight excluding hydrogens is 697 g/mol. The molecular formula is C51H28N6. The van der Waals surface area contributed by atoms with Crippen LogP contribution in [0.15, 0.2) is 170 Å². The second kappa shape index (κ2) is 12.3. The number of para-hydroxylation sites is 4. The Morgan fingerprint density at radius 2 is 0.860 bits per heavy atom. The molecule has 3 heterocycles. The topological polar surface area (TPSA) is 47.3 Å². The molecule has 6 nitrogen and oxygen atoms in total. The van der Waals surface area contributed by atoms with Crippen LogP contribution in [0.5, 0.6) is 0 Å². The maximum absolute atomic E-state index is 10.8. The predicted molar refractivity (Wildman–Crippen MR) is 232 cm³/mol. The number of hydrogen-bond donors (Lipinski definition) is 0. The van der Waals surface area contributed by atoms with Crippen LogP contribution in [-0.4, -0.2) is 13.7 Å². The van der Waals surface area contributed by atoms with Gasteiger partial charge in [0.2, 0.25) is 0 Å². The van der Waals surface area contributed by atoms with E-state index in [2.05, 4.69) is 145 Å². The van der Waals surface area contributed by atoms with Crippen LogP contribution in [0.25, 0.3) is 103 Å². The lowest BCUT2D eigenvalue weighted by molar-refractivity contribution is 1.15. The third kappa shape index (κ3) is 4.68. The fourth-order valence-electron chi connectivity index (χ4n) is 8.87. The largest absolute Gasteiger partial charge is 0.309 e. The summed E-state index contributed by atoms with van der Waals surface area (Å²) in [4.78, 5) is 7.33. The van der Waals surface area contributed by atoms with E-state index in [0.29, 0.717) is 16.9 Å². The van der Waals surface area contributed by atoms with Crippen molar-refractivity contribution < 1.29 is 0 Å². The van der Waals surface area contributed by atoms with Crippen LogP contribution in [0.2, 0.25) is 0 Å². The van der Waals surface area contributed by atoms with E-state index in [4.69, 9.17) is 13.1 Å². The summed E-state index contributed by atoms with van der Waals surface area (Å²) in [7, 11) is 0. The van der Waals surface area contributed by atoms with Crippen molar-refractivity contribution in [1.82, 2.24) is 13.7 Å². The van der Waals surface area contributed by atoms with E-state index < -0.39 is 0 Å². The van der Waals surface area contributed by atoms with Gasteiger partial charge in [-0.05, 0) is 83.6 Å². The Morgan fingerprint density at radius 3 is 1.44 bits per heavy atom. The molecule has 57 heavy (non-hydrogen) atoms. The maximum Gasteiger partial charge on any atom is 0.188 e. The normalized spacial score (nSPS) is 11.5. The molecule has 8 aromatic carbocycles. The molecule has 0 spiro atoms. The quantitative estimate of drug-likeness (QED) is 0.167. The van der Waals surface area contributed by atoms with Gasteiger partial charge in [0.15, 0.2) is 11.4 Å². The predicted octanol–water partition coefficient (Wildman–Crippen LogP) is 13.6. The molecule has 11 rings (SSSR count). The minimum absolute atomic E-state index is 0.534. The summed E-state index contributed by atoms with van der Waals surface area (Å²) in [5.41, 5.74) is 12.5. The van der Waals surface area contributed by atoms with E-state index in [1.165, 1.54) is 10.8 Å². The SMILES string of the molecule is [C-]#[N+]c1ccc2c(c1)c1cc([N+]#[C-])ccc1n2-c1ccc(-c2ccccc2-n2c3ccccc3c3ccc(-n4c5ccccc5c5ccccc54)cc32)c(C#N)c1. The molecule has 0 amide bonds. The molecule has 0 aliphatic rings. The zero-order valence-corrected chi connectivity index (χ0v) is 30.3. The fourth-order valence-corrected chi connectivity index (χ4v) is 8.87. The van der Waals surface area contributed by atoms with Crippen molar-refractivity contribution in [2.75, 3.05) is 0 Å². The minimum atomic E-state index is 0.534. The maximum atomic E-state index is 10.8. The molecule has 0 bridgehead atoms. The van der Waals surface area contributed by atoms with Gasteiger partial charge < -0.3 is 13.7 Å². The molecule has 0 saturated carbocycles. The summed E-state index contributed by atoms with van der Waals surface area (Å²) in [6.45, 7) is 15.2. The number of aromatic nitrogens is 3. The van der Waals surface area contributed by atoms with Gasteiger partial charge in [0.05, 0.1) is 63.6 Å². The molecule has 11 aromatic rings. The highest BCUT2D eigenvalue weighted by Gasteiger charge is 2.21. The Labute approximate surface area is 327 Å². The van der Waals surface area contributed by atoms with Gasteiger partial charge in [-0.15, -0.1) is 0 Å². The highest BCUT2D eigenvalue weighted by atomic mass is 15.0. The lowest BCUT2D eigenvalue weighted by atomic mass is 9.97. The van der Waals surface area contributed by atoms with E-state index in [9.17, 15) is 5.26 Å². The first-order valence-electron chi connectivity index (χ1n) is 18.6. The van der Waals surface area contributed by atoms with E-state index in [-0.39, 0.29) is 0 Å². The van der Waals surface area contributed by atoms with Crippen LogP contribution in [-0.2, 0) is 0 Å². The van der Waals surface area contributed by atoms with Crippen LogP contribution in [0.4, 0.5) is 11.4 Å². The molecule has 0 unspecified atom stereocenters. The van der Waals surface area contributed by atoms with Gasteiger partial charge in [0, 0.05) is 44.0 Å². The van der Waals surface area contributed by atoms with E-state index >= 15 is 0 Å². The van der Waals surface area contributed by atoms with Gasteiger partial charge in [-0.3, -0.25) is 0 Å². The number of hydrogen-bond acceptors (Lipinski definition) is 1. The van der Waals surface area contributed by atoms with Crippen LogP contribution in [0.3, 0.4) is 0 Å². The number of rotatable bonds is 4. The van der Waals surface area contributed by atoms with Crippen LogP contribution >= 0.6 is 0 Å². The van der Waals surface area contributed by atoms with E-state index in [1.807, 2.05) is 54.6 Å². The van der Waals surface area contributed by atoms with Gasteiger partial charge in [0.25, 0.3) is 0 Å². The lowest BCUT2D eigenvalue weighted by Gasteiger charge is -2.17. The first-order chi connectivity index (χ1) is 28.1. The molecule has 0 saturated heterocycles. The number of fused-ring (bicyclic) bond motifs is 9. The van der Waals surface area contributed by atoms with Gasteiger partial charge in [-0.25, -0.2) is 9.69 Å². The van der Waals surface area contributed by atoms with Crippen LogP contribution in [0.1, 0.15) is 5.56 Å². The Balaban J connectivity index is 1.13. The second-order valence-electron chi connectivity index (χ2n) is 14.2. The van der Waals surface area contributed by atoms with Crippen molar-refractivity contribution >= 4 is 76.8 Å². The average molecular weight is 725 g/mol. The zero-order chi connectivity index (χ0) is 38.2. The standard InChI is InChI=1S/C51H28N6/c1-53-33-19-25-49-43(28-33)44-29-34(54-2)20-26-50(44)55(49)35-21-23-37(32(27-35)31-52)38-11-3-9-17-47(38)57-48-18-10-6-14-41(48)42-24-22-36(30-51(42)57)56-45-15-7-4-12-39(45)40-13-5-8-16-46(40)56/h3-30H. The smallest absolute Gasteiger partial charge is 0.188 e. The van der Waals surface area contributed by atoms with Gasteiger partial charge in [0.1, 0.15) is 0 Å². The monoisotopic (exact) mass is 724 g/mol.